The molecule has 0 saturated carbocycles. The molecule has 0 spiro atoms. The van der Waals surface area contributed by atoms with Crippen molar-refractivity contribution in [3.05, 3.63) is 42.5 Å². The number of hydrogen-bond donors (Lipinski definition) is 2. The van der Waals surface area contributed by atoms with Gasteiger partial charge in [-0.15, -0.1) is 0 Å². The van der Waals surface area contributed by atoms with Crippen molar-refractivity contribution in [3.8, 4) is 22.3 Å². The smallest absolute Gasteiger partial charge is 0.258 e. The Morgan fingerprint density at radius 1 is 0.938 bits per heavy atom. The number of fused-ring (bicyclic) bond motifs is 4. The van der Waals surface area contributed by atoms with Crippen molar-refractivity contribution in [1.29, 1.82) is 0 Å². The van der Waals surface area contributed by atoms with E-state index in [0.29, 0.717) is 0 Å². The van der Waals surface area contributed by atoms with Crippen LogP contribution in [0.5, 0.6) is 0 Å². The lowest BCUT2D eigenvalue weighted by atomic mass is 9.80. The summed E-state index contributed by atoms with van der Waals surface area (Å²) >= 11 is 4.65. The van der Waals surface area contributed by atoms with E-state index in [1.165, 1.54) is 16.7 Å². The largest absolute Gasteiger partial charge is 0.486 e. The highest BCUT2D eigenvalue weighted by Crippen LogP contribution is 2.50. The number of nitrogens with one attached hydrogen (secondary N) is 1. The number of aliphatic hydroxyl groups excluding tert-OH is 1. The average molecular weight is 227 g/mol. The Hall–Kier alpha value is -1.87. The van der Waals surface area contributed by atoms with Gasteiger partial charge >= 0.3 is 0 Å². The second-order valence-corrected chi connectivity index (χ2v) is 4.09. The summed E-state index contributed by atoms with van der Waals surface area (Å²) in [5.74, 6) is 0. The van der Waals surface area contributed by atoms with Gasteiger partial charge in [0, 0.05) is 5.56 Å². The van der Waals surface area contributed by atoms with E-state index in [2.05, 4.69) is 35.7 Å². The van der Waals surface area contributed by atoms with Gasteiger partial charge in [-0.25, -0.2) is 0 Å². The van der Waals surface area contributed by atoms with E-state index in [9.17, 15) is 0 Å². The summed E-state index contributed by atoms with van der Waals surface area (Å²) < 4.78 is 0. The third-order valence-electron chi connectivity index (χ3n) is 2.79. The molecule has 0 heterocycles. The first-order valence-electron chi connectivity index (χ1n) is 5.00. The number of thiocarbonyl (C=S) groups is 1. The van der Waals surface area contributed by atoms with E-state index >= 15 is 0 Å². The maximum Gasteiger partial charge on any atom is 0.258 e. The van der Waals surface area contributed by atoms with Crippen LogP contribution in [0.4, 0.5) is 5.69 Å². The highest BCUT2D eigenvalue weighted by Gasteiger charge is 2.24. The molecule has 0 fully saturated rings. The summed E-state index contributed by atoms with van der Waals surface area (Å²) in [7, 11) is 0. The summed E-state index contributed by atoms with van der Waals surface area (Å²) in [5.41, 5.74) is 5.66. The highest BCUT2D eigenvalue weighted by molar-refractivity contribution is 7.80. The van der Waals surface area contributed by atoms with Crippen molar-refractivity contribution in [3.63, 3.8) is 0 Å². The molecule has 0 amide bonds. The standard InChI is InChI=1S/C13H9NOS/c15-13(16)14-11-7-3-6-10-8-4-1-2-5-9(8)12(10)11/h1-7H,(H2,14,15,16). The van der Waals surface area contributed by atoms with Gasteiger partial charge in [-0.3, -0.25) is 0 Å². The van der Waals surface area contributed by atoms with Gasteiger partial charge in [-0.2, -0.15) is 0 Å². The van der Waals surface area contributed by atoms with E-state index in [0.717, 1.165) is 11.3 Å². The molecule has 0 saturated heterocycles. The fourth-order valence-electron chi connectivity index (χ4n) is 2.16. The first kappa shape index (κ1) is 9.36. The molecule has 16 heavy (non-hydrogen) atoms. The van der Waals surface area contributed by atoms with Crippen LogP contribution in [0, 0.1) is 0 Å². The Morgan fingerprint density at radius 2 is 1.62 bits per heavy atom. The van der Waals surface area contributed by atoms with Crippen LogP contribution in [0.1, 0.15) is 0 Å². The Morgan fingerprint density at radius 3 is 2.38 bits per heavy atom. The minimum atomic E-state index is -0.196. The predicted molar refractivity (Wildman–Crippen MR) is 69.7 cm³/mol. The van der Waals surface area contributed by atoms with E-state index in [1.54, 1.807) is 0 Å². The van der Waals surface area contributed by atoms with E-state index < -0.39 is 0 Å². The maximum atomic E-state index is 9.11. The second-order valence-electron chi connectivity index (χ2n) is 3.70. The lowest BCUT2D eigenvalue weighted by Gasteiger charge is -2.26. The minimum Gasteiger partial charge on any atom is -0.486 e. The molecule has 0 radical (unpaired) electrons. The third-order valence-corrected chi connectivity index (χ3v) is 2.89. The summed E-state index contributed by atoms with van der Waals surface area (Å²) in [6, 6.07) is 14.1. The van der Waals surface area contributed by atoms with Crippen LogP contribution in [0.2, 0.25) is 0 Å². The fraction of sp³-hybridized carbons (Fsp3) is 0. The average Bonchev–Trinajstić information content (AvgIpc) is 2.24. The van der Waals surface area contributed by atoms with Gasteiger partial charge < -0.3 is 10.4 Å². The Balaban J connectivity index is 2.14. The summed E-state index contributed by atoms with van der Waals surface area (Å²) in [5, 5.41) is 11.7. The Labute approximate surface area is 98.6 Å². The highest BCUT2D eigenvalue weighted by atomic mass is 32.1. The molecule has 1 aliphatic carbocycles. The van der Waals surface area contributed by atoms with Gasteiger partial charge in [-0.1, -0.05) is 36.4 Å². The fourth-order valence-corrected chi connectivity index (χ4v) is 2.27. The molecule has 1 aliphatic rings. The van der Waals surface area contributed by atoms with Crippen LogP contribution < -0.4 is 5.32 Å². The summed E-state index contributed by atoms with van der Waals surface area (Å²) in [6.07, 6.45) is 0. The van der Waals surface area contributed by atoms with E-state index in [1.807, 2.05) is 24.3 Å². The SMILES string of the molecule is OC(=S)Nc1cccc2c1-c1ccccc1-2. The zero-order valence-corrected chi connectivity index (χ0v) is 9.21. The molecule has 3 rings (SSSR count). The zero-order valence-electron chi connectivity index (χ0n) is 8.40. The molecule has 2 nitrogen and oxygen atoms in total. The van der Waals surface area contributed by atoms with Crippen LogP contribution in [0.25, 0.3) is 22.3 Å². The first-order chi connectivity index (χ1) is 7.77. The molecule has 0 atom stereocenters. The zero-order chi connectivity index (χ0) is 11.1. The van der Waals surface area contributed by atoms with Gasteiger partial charge in [0.1, 0.15) is 0 Å². The number of aliphatic hydroxyl groups is 1. The predicted octanol–water partition coefficient (Wildman–Crippen LogP) is 3.59. The molecule has 0 aliphatic heterocycles. The lowest BCUT2D eigenvalue weighted by molar-refractivity contribution is 0.567. The molecule has 0 aromatic heterocycles. The van der Waals surface area contributed by atoms with Crippen LogP contribution in [0.15, 0.2) is 42.5 Å². The van der Waals surface area contributed by atoms with Crippen molar-refractivity contribution in [2.45, 2.75) is 0 Å². The van der Waals surface area contributed by atoms with Crippen molar-refractivity contribution < 1.29 is 5.11 Å². The van der Waals surface area contributed by atoms with Crippen LogP contribution in [-0.2, 0) is 0 Å². The number of benzene rings is 2. The van der Waals surface area contributed by atoms with Crippen molar-refractivity contribution in [2.24, 2.45) is 0 Å². The lowest BCUT2D eigenvalue weighted by Crippen LogP contribution is -2.10. The molecular formula is C13H9NOS. The van der Waals surface area contributed by atoms with Crippen LogP contribution >= 0.6 is 12.2 Å². The third kappa shape index (κ3) is 1.22. The van der Waals surface area contributed by atoms with Crippen LogP contribution in [-0.4, -0.2) is 10.3 Å². The van der Waals surface area contributed by atoms with Crippen molar-refractivity contribution in [1.82, 2.24) is 0 Å². The molecule has 2 N–H and O–H groups in total. The van der Waals surface area contributed by atoms with Gasteiger partial charge in [0.05, 0.1) is 5.69 Å². The first-order valence-corrected chi connectivity index (χ1v) is 5.41. The quantitative estimate of drug-likeness (QED) is 0.623. The Kier molecular flexibility index (Phi) is 1.94. The molecule has 0 unspecified atom stereocenters. The molecule has 2 aromatic rings. The minimum absolute atomic E-state index is 0.196. The number of rotatable bonds is 1. The van der Waals surface area contributed by atoms with E-state index in [4.69, 9.17) is 5.11 Å². The molecule has 2 aromatic carbocycles. The molecule has 3 heteroatoms. The second kappa shape index (κ2) is 3.32. The Bertz CT molecular complexity index is 592. The molecule has 78 valence electrons. The van der Waals surface area contributed by atoms with Gasteiger partial charge in [-0.05, 0) is 35.0 Å². The summed E-state index contributed by atoms with van der Waals surface area (Å²) in [6.45, 7) is 0. The number of hydrogen-bond acceptors (Lipinski definition) is 1. The van der Waals surface area contributed by atoms with Gasteiger partial charge in [0.15, 0.2) is 0 Å². The normalized spacial score (nSPS) is 11.0. The molecular weight excluding hydrogens is 218 g/mol. The van der Waals surface area contributed by atoms with Crippen molar-refractivity contribution in [2.75, 3.05) is 5.32 Å². The topological polar surface area (TPSA) is 32.3 Å². The monoisotopic (exact) mass is 227 g/mol. The maximum absolute atomic E-state index is 9.11. The number of anilines is 1. The van der Waals surface area contributed by atoms with E-state index in [-0.39, 0.29) is 5.17 Å². The summed E-state index contributed by atoms with van der Waals surface area (Å²) in [4.78, 5) is 0. The van der Waals surface area contributed by atoms with Gasteiger partial charge in [0.2, 0.25) is 0 Å². The van der Waals surface area contributed by atoms with Crippen LogP contribution in [0.3, 0.4) is 0 Å². The van der Waals surface area contributed by atoms with Gasteiger partial charge in [0.25, 0.3) is 5.17 Å². The molecule has 0 bridgehead atoms. The van der Waals surface area contributed by atoms with Crippen molar-refractivity contribution >= 4 is 23.1 Å².